The molecule has 0 radical (unpaired) electrons. The minimum absolute atomic E-state index is 0.0997. The molecule has 1 aromatic carbocycles. The van der Waals surface area contributed by atoms with Gasteiger partial charge < -0.3 is 14.8 Å². The topological polar surface area (TPSA) is 102 Å². The maximum Gasteiger partial charge on any atom is 0.184 e. The van der Waals surface area contributed by atoms with Gasteiger partial charge in [0.2, 0.25) is 0 Å². The molecule has 0 atom stereocenters. The number of halogens is 1. The first kappa shape index (κ1) is 15.0. The van der Waals surface area contributed by atoms with Crippen LogP contribution in [0.4, 0.5) is 5.69 Å². The van der Waals surface area contributed by atoms with Crippen LogP contribution in [0.1, 0.15) is 11.9 Å². The van der Waals surface area contributed by atoms with Gasteiger partial charge in [0.25, 0.3) is 0 Å². The second-order valence-corrected chi connectivity index (χ2v) is 4.97. The van der Waals surface area contributed by atoms with E-state index < -0.39 is 6.29 Å². The molecule has 2 rings (SSSR count). The molecule has 0 aliphatic carbocycles. The largest absolute Gasteiger partial charge is 0.346 e. The number of benzene rings is 1. The number of allylic oxidation sites excluding steroid dienone is 2. The van der Waals surface area contributed by atoms with Gasteiger partial charge in [0, 0.05) is 15.7 Å². The molecule has 1 aliphatic heterocycles. The lowest BCUT2D eigenvalue weighted by Gasteiger charge is -2.13. The molecule has 0 amide bonds. The van der Waals surface area contributed by atoms with Crippen LogP contribution >= 0.6 is 15.9 Å². The zero-order valence-electron chi connectivity index (χ0n) is 10.8. The van der Waals surface area contributed by atoms with Crippen molar-refractivity contribution < 1.29 is 9.47 Å². The number of nitrogens with one attached hydrogen (secondary N) is 1. The fourth-order valence-electron chi connectivity index (χ4n) is 1.80. The highest BCUT2D eigenvalue weighted by Crippen LogP contribution is 2.29. The Kier molecular flexibility index (Phi) is 4.92. The molecule has 1 fully saturated rings. The Balaban J connectivity index is 2.33. The number of ether oxygens (including phenoxy) is 2. The molecule has 1 saturated heterocycles. The Bertz CT molecular complexity index is 687. The zero-order chi connectivity index (χ0) is 15.2. The van der Waals surface area contributed by atoms with Gasteiger partial charge in [0.05, 0.1) is 13.2 Å². The Morgan fingerprint density at radius 3 is 2.33 bits per heavy atom. The lowest BCUT2D eigenvalue weighted by Crippen LogP contribution is -2.03. The van der Waals surface area contributed by atoms with Crippen LogP contribution in [0.15, 0.2) is 33.9 Å². The van der Waals surface area contributed by atoms with E-state index in [1.807, 2.05) is 6.07 Å². The van der Waals surface area contributed by atoms with E-state index in [9.17, 15) is 0 Å². The molecular formula is C14H9BrN4O2. The van der Waals surface area contributed by atoms with Crippen molar-refractivity contribution in [3.05, 3.63) is 39.5 Å². The third-order valence-electron chi connectivity index (χ3n) is 2.67. The van der Waals surface area contributed by atoms with Gasteiger partial charge in [0.15, 0.2) is 11.9 Å². The van der Waals surface area contributed by atoms with Gasteiger partial charge in [-0.2, -0.15) is 15.8 Å². The van der Waals surface area contributed by atoms with Crippen molar-refractivity contribution in [2.24, 2.45) is 0 Å². The molecule has 0 bridgehead atoms. The highest BCUT2D eigenvalue weighted by molar-refractivity contribution is 9.10. The van der Waals surface area contributed by atoms with Crippen molar-refractivity contribution in [3.8, 4) is 18.2 Å². The Morgan fingerprint density at radius 1 is 1.10 bits per heavy atom. The summed E-state index contributed by atoms with van der Waals surface area (Å²) < 4.78 is 11.6. The molecule has 1 aliphatic rings. The summed E-state index contributed by atoms with van der Waals surface area (Å²) in [5, 5.41) is 29.4. The fourth-order valence-corrected chi connectivity index (χ4v) is 2.31. The Labute approximate surface area is 129 Å². The number of rotatable bonds is 3. The molecule has 0 aromatic heterocycles. The lowest BCUT2D eigenvalue weighted by molar-refractivity contribution is -0.0441. The van der Waals surface area contributed by atoms with Crippen LogP contribution in [0.5, 0.6) is 0 Å². The predicted molar refractivity (Wildman–Crippen MR) is 76.3 cm³/mol. The van der Waals surface area contributed by atoms with Crippen LogP contribution in [0.3, 0.4) is 0 Å². The van der Waals surface area contributed by atoms with E-state index in [0.29, 0.717) is 18.9 Å². The molecule has 1 heterocycles. The van der Waals surface area contributed by atoms with Crippen LogP contribution in [0, 0.1) is 34.0 Å². The zero-order valence-corrected chi connectivity index (χ0v) is 12.3. The average molecular weight is 345 g/mol. The van der Waals surface area contributed by atoms with Crippen LogP contribution in [0.2, 0.25) is 0 Å². The highest BCUT2D eigenvalue weighted by Gasteiger charge is 2.19. The second-order valence-electron chi connectivity index (χ2n) is 4.06. The van der Waals surface area contributed by atoms with Gasteiger partial charge in [-0.1, -0.05) is 15.9 Å². The van der Waals surface area contributed by atoms with Gasteiger partial charge in [-0.25, -0.2) is 0 Å². The van der Waals surface area contributed by atoms with Crippen LogP contribution in [-0.4, -0.2) is 13.2 Å². The summed E-state index contributed by atoms with van der Waals surface area (Å²) in [6.07, 6.45) is -0.455. The van der Waals surface area contributed by atoms with Gasteiger partial charge in [-0.05, 0) is 18.2 Å². The van der Waals surface area contributed by atoms with E-state index in [0.717, 1.165) is 10.0 Å². The second kappa shape index (κ2) is 6.88. The number of nitrogens with zero attached hydrogens (tertiary/aromatic N) is 3. The summed E-state index contributed by atoms with van der Waals surface area (Å²) in [5.74, 6) is 0. The normalized spacial score (nSPS) is 13.8. The predicted octanol–water partition coefficient (Wildman–Crippen LogP) is 2.73. The summed E-state index contributed by atoms with van der Waals surface area (Å²) in [6, 6.07) is 10.5. The van der Waals surface area contributed by atoms with Crippen LogP contribution < -0.4 is 5.32 Å². The highest BCUT2D eigenvalue weighted by atomic mass is 79.9. The number of hydrogen-bond acceptors (Lipinski definition) is 6. The molecule has 1 N–H and O–H groups in total. The first-order chi connectivity index (χ1) is 10.2. The van der Waals surface area contributed by atoms with E-state index >= 15 is 0 Å². The third kappa shape index (κ3) is 3.59. The van der Waals surface area contributed by atoms with Crippen molar-refractivity contribution in [1.82, 2.24) is 0 Å². The number of nitriles is 3. The summed E-state index contributed by atoms with van der Waals surface area (Å²) in [4.78, 5) is 0. The minimum Gasteiger partial charge on any atom is -0.346 e. The molecule has 0 spiro atoms. The van der Waals surface area contributed by atoms with Crippen molar-refractivity contribution in [1.29, 1.82) is 15.8 Å². The van der Waals surface area contributed by atoms with Crippen molar-refractivity contribution in [2.75, 3.05) is 18.5 Å². The van der Waals surface area contributed by atoms with Crippen molar-refractivity contribution >= 4 is 21.6 Å². The number of anilines is 1. The maximum absolute atomic E-state index is 9.04. The first-order valence-corrected chi connectivity index (χ1v) is 6.72. The first-order valence-electron chi connectivity index (χ1n) is 5.93. The van der Waals surface area contributed by atoms with E-state index in [1.54, 1.807) is 30.3 Å². The molecule has 0 unspecified atom stereocenters. The van der Waals surface area contributed by atoms with E-state index in [2.05, 4.69) is 21.2 Å². The van der Waals surface area contributed by atoms with Crippen molar-refractivity contribution in [3.63, 3.8) is 0 Å². The molecule has 6 nitrogen and oxygen atoms in total. The Hall–Kier alpha value is -2.37. The summed E-state index contributed by atoms with van der Waals surface area (Å²) in [7, 11) is 0. The Morgan fingerprint density at radius 2 is 1.76 bits per heavy atom. The quantitative estimate of drug-likeness (QED) is 0.845. The van der Waals surface area contributed by atoms with E-state index in [4.69, 9.17) is 25.3 Å². The van der Waals surface area contributed by atoms with Gasteiger partial charge in [-0.15, -0.1) is 0 Å². The molecular weight excluding hydrogens is 336 g/mol. The summed E-state index contributed by atoms with van der Waals surface area (Å²) >= 11 is 3.36. The fraction of sp³-hybridized carbons (Fsp3) is 0.214. The minimum atomic E-state index is -0.455. The van der Waals surface area contributed by atoms with Crippen molar-refractivity contribution in [2.45, 2.75) is 6.29 Å². The molecule has 1 aromatic rings. The van der Waals surface area contributed by atoms with E-state index in [1.165, 1.54) is 0 Å². The summed E-state index contributed by atoms with van der Waals surface area (Å²) in [5.41, 5.74) is 0.958. The SMILES string of the molecule is N#CC(C#N)=C(C#N)Nc1cc(Br)cc(C2OCCO2)c1. The van der Waals surface area contributed by atoms with Crippen LogP contribution in [0.25, 0.3) is 0 Å². The smallest absolute Gasteiger partial charge is 0.184 e. The van der Waals surface area contributed by atoms with Gasteiger partial charge in [0.1, 0.15) is 23.9 Å². The third-order valence-corrected chi connectivity index (χ3v) is 3.13. The van der Waals surface area contributed by atoms with Gasteiger partial charge in [-0.3, -0.25) is 0 Å². The van der Waals surface area contributed by atoms with E-state index in [-0.39, 0.29) is 11.3 Å². The monoisotopic (exact) mass is 344 g/mol. The maximum atomic E-state index is 9.04. The number of hydrogen-bond donors (Lipinski definition) is 1. The molecule has 104 valence electrons. The van der Waals surface area contributed by atoms with Crippen LogP contribution in [-0.2, 0) is 9.47 Å². The lowest BCUT2D eigenvalue weighted by atomic mass is 10.1. The molecule has 7 heteroatoms. The van der Waals surface area contributed by atoms with Gasteiger partial charge >= 0.3 is 0 Å². The summed E-state index contributed by atoms with van der Waals surface area (Å²) in [6.45, 7) is 1.05. The standard InChI is InChI=1S/C14H9BrN4O2/c15-11-3-9(14-20-1-2-21-14)4-12(5-11)19-13(8-18)10(6-16)7-17/h3-5,14,19H,1-2H2. The molecule has 0 saturated carbocycles. The average Bonchev–Trinajstić information content (AvgIpc) is 3.01. The molecule has 21 heavy (non-hydrogen) atoms.